The van der Waals surface area contributed by atoms with Crippen molar-refractivity contribution in [3.05, 3.63) is 0 Å². The van der Waals surface area contributed by atoms with E-state index in [0.717, 1.165) is 12.5 Å². The van der Waals surface area contributed by atoms with Crippen LogP contribution in [0.3, 0.4) is 0 Å². The van der Waals surface area contributed by atoms with Gasteiger partial charge in [0.2, 0.25) is 0 Å². The Kier molecular flexibility index (Phi) is 5.35. The maximum atomic E-state index is 8.46. The maximum absolute atomic E-state index is 8.46. The summed E-state index contributed by atoms with van der Waals surface area (Å²) in [5.74, 6) is 0.987. The van der Waals surface area contributed by atoms with Crippen molar-refractivity contribution in [3.63, 3.8) is 0 Å². The molecule has 1 saturated carbocycles. The van der Waals surface area contributed by atoms with Crippen LogP contribution >= 0.6 is 0 Å². The lowest BCUT2D eigenvalue weighted by Crippen LogP contribution is -2.30. The Morgan fingerprint density at radius 1 is 1.46 bits per heavy atom. The molecule has 0 aromatic heterocycles. The number of aliphatic hydroxyl groups excluding tert-OH is 1. The van der Waals surface area contributed by atoms with E-state index in [9.17, 15) is 0 Å². The van der Waals surface area contributed by atoms with Crippen molar-refractivity contribution in [1.82, 2.24) is 5.32 Å². The van der Waals surface area contributed by atoms with Gasteiger partial charge in [0.15, 0.2) is 0 Å². The van der Waals surface area contributed by atoms with Crippen molar-refractivity contribution >= 4 is 0 Å². The van der Waals surface area contributed by atoms with E-state index in [4.69, 9.17) is 9.84 Å². The summed E-state index contributed by atoms with van der Waals surface area (Å²) in [5.41, 5.74) is 0. The predicted molar refractivity (Wildman–Crippen MR) is 52.7 cm³/mol. The van der Waals surface area contributed by atoms with E-state index >= 15 is 0 Å². The lowest BCUT2D eigenvalue weighted by atomic mass is 10.2. The Bertz CT molecular complexity index is 126. The number of rotatable bonds is 8. The van der Waals surface area contributed by atoms with Crippen molar-refractivity contribution in [2.45, 2.75) is 32.2 Å². The molecule has 0 aromatic carbocycles. The molecule has 1 aliphatic rings. The second kappa shape index (κ2) is 6.35. The molecule has 0 spiro atoms. The van der Waals surface area contributed by atoms with Crippen LogP contribution in [0.2, 0.25) is 0 Å². The number of ether oxygens (including phenoxy) is 1. The molecular weight excluding hydrogens is 166 g/mol. The van der Waals surface area contributed by atoms with Crippen LogP contribution in [0.25, 0.3) is 0 Å². The van der Waals surface area contributed by atoms with Gasteiger partial charge in [0.25, 0.3) is 0 Å². The fourth-order valence-corrected chi connectivity index (χ4v) is 1.48. The fourth-order valence-electron chi connectivity index (χ4n) is 1.48. The van der Waals surface area contributed by atoms with E-state index in [0.29, 0.717) is 19.3 Å². The van der Waals surface area contributed by atoms with Gasteiger partial charge in [-0.3, -0.25) is 0 Å². The van der Waals surface area contributed by atoms with Gasteiger partial charge in [-0.05, 0) is 19.3 Å². The van der Waals surface area contributed by atoms with Gasteiger partial charge >= 0.3 is 0 Å². The van der Waals surface area contributed by atoms with Crippen molar-refractivity contribution in [1.29, 1.82) is 0 Å². The van der Waals surface area contributed by atoms with Crippen LogP contribution < -0.4 is 5.32 Å². The topological polar surface area (TPSA) is 41.5 Å². The Balaban J connectivity index is 1.80. The standard InChI is InChI=1S/C10H21NO2/c1-9(8-10-2-3-10)11-4-6-13-7-5-12/h9-12H,2-8H2,1H3. The smallest absolute Gasteiger partial charge is 0.0698 e. The monoisotopic (exact) mass is 187 g/mol. The van der Waals surface area contributed by atoms with Gasteiger partial charge in [0, 0.05) is 12.6 Å². The molecule has 13 heavy (non-hydrogen) atoms. The Hall–Kier alpha value is -0.120. The summed E-state index contributed by atoms with van der Waals surface area (Å²) >= 11 is 0. The lowest BCUT2D eigenvalue weighted by molar-refractivity contribution is 0.0926. The highest BCUT2D eigenvalue weighted by molar-refractivity contribution is 4.77. The molecule has 0 radical (unpaired) electrons. The van der Waals surface area contributed by atoms with E-state index in [1.165, 1.54) is 19.3 Å². The van der Waals surface area contributed by atoms with E-state index in [1.807, 2.05) is 0 Å². The summed E-state index contributed by atoms with van der Waals surface area (Å²) in [7, 11) is 0. The summed E-state index contributed by atoms with van der Waals surface area (Å²) < 4.78 is 5.14. The van der Waals surface area contributed by atoms with Crippen LogP contribution in [0.5, 0.6) is 0 Å². The number of hydrogen-bond acceptors (Lipinski definition) is 3. The molecular formula is C10H21NO2. The first-order chi connectivity index (χ1) is 6.33. The Morgan fingerprint density at radius 2 is 2.23 bits per heavy atom. The van der Waals surface area contributed by atoms with E-state index in [1.54, 1.807) is 0 Å². The zero-order chi connectivity index (χ0) is 9.52. The molecule has 1 unspecified atom stereocenters. The summed E-state index contributed by atoms with van der Waals surface area (Å²) in [6.45, 7) is 4.41. The normalized spacial score (nSPS) is 18.9. The van der Waals surface area contributed by atoms with Gasteiger partial charge in [0.1, 0.15) is 0 Å². The third-order valence-corrected chi connectivity index (χ3v) is 2.36. The molecule has 1 fully saturated rings. The van der Waals surface area contributed by atoms with Crippen molar-refractivity contribution in [2.75, 3.05) is 26.4 Å². The highest BCUT2D eigenvalue weighted by atomic mass is 16.5. The van der Waals surface area contributed by atoms with Crippen molar-refractivity contribution in [2.24, 2.45) is 5.92 Å². The fraction of sp³-hybridized carbons (Fsp3) is 1.00. The van der Waals surface area contributed by atoms with Gasteiger partial charge in [-0.2, -0.15) is 0 Å². The van der Waals surface area contributed by atoms with E-state index in [2.05, 4.69) is 12.2 Å². The number of hydrogen-bond donors (Lipinski definition) is 2. The first kappa shape index (κ1) is 11.0. The summed E-state index contributed by atoms with van der Waals surface area (Å²) in [5, 5.41) is 11.9. The highest BCUT2D eigenvalue weighted by Gasteiger charge is 2.22. The third-order valence-electron chi connectivity index (χ3n) is 2.36. The molecule has 1 atom stereocenters. The minimum atomic E-state index is 0.123. The first-order valence-corrected chi connectivity index (χ1v) is 5.25. The first-order valence-electron chi connectivity index (χ1n) is 5.25. The average molecular weight is 187 g/mol. The minimum Gasteiger partial charge on any atom is -0.394 e. The predicted octanol–water partition coefficient (Wildman–Crippen LogP) is 0.774. The molecule has 1 aliphatic carbocycles. The van der Waals surface area contributed by atoms with Crippen LogP contribution in [0.1, 0.15) is 26.2 Å². The number of aliphatic hydroxyl groups is 1. The lowest BCUT2D eigenvalue weighted by Gasteiger charge is -2.12. The molecule has 78 valence electrons. The van der Waals surface area contributed by atoms with Gasteiger partial charge in [0.05, 0.1) is 19.8 Å². The van der Waals surface area contributed by atoms with Crippen LogP contribution in [0.15, 0.2) is 0 Å². The zero-order valence-electron chi connectivity index (χ0n) is 8.46. The van der Waals surface area contributed by atoms with Gasteiger partial charge in [-0.25, -0.2) is 0 Å². The molecule has 3 nitrogen and oxygen atoms in total. The molecule has 0 aromatic rings. The van der Waals surface area contributed by atoms with Gasteiger partial charge in [-0.15, -0.1) is 0 Å². The SMILES string of the molecule is CC(CC1CC1)NCCOCCO. The molecule has 0 bridgehead atoms. The van der Waals surface area contributed by atoms with Gasteiger partial charge in [-0.1, -0.05) is 12.8 Å². The van der Waals surface area contributed by atoms with E-state index < -0.39 is 0 Å². The second-order valence-corrected chi connectivity index (χ2v) is 3.87. The molecule has 0 saturated heterocycles. The third kappa shape index (κ3) is 6.02. The maximum Gasteiger partial charge on any atom is 0.0698 e. The molecule has 0 heterocycles. The van der Waals surface area contributed by atoms with Crippen molar-refractivity contribution < 1.29 is 9.84 Å². The van der Waals surface area contributed by atoms with Gasteiger partial charge < -0.3 is 15.2 Å². The summed E-state index contributed by atoms with van der Waals surface area (Å²) in [6.07, 6.45) is 4.15. The average Bonchev–Trinajstić information content (AvgIpc) is 2.88. The van der Waals surface area contributed by atoms with Crippen LogP contribution in [0.4, 0.5) is 0 Å². The molecule has 3 heteroatoms. The summed E-state index contributed by atoms with van der Waals surface area (Å²) in [4.78, 5) is 0. The van der Waals surface area contributed by atoms with Crippen LogP contribution in [-0.2, 0) is 4.74 Å². The molecule has 0 amide bonds. The Labute approximate surface area is 80.5 Å². The summed E-state index contributed by atoms with van der Waals surface area (Å²) in [6, 6.07) is 0.616. The second-order valence-electron chi connectivity index (χ2n) is 3.87. The quantitative estimate of drug-likeness (QED) is 0.552. The largest absolute Gasteiger partial charge is 0.394 e. The molecule has 2 N–H and O–H groups in total. The van der Waals surface area contributed by atoms with Crippen LogP contribution in [-0.4, -0.2) is 37.5 Å². The highest BCUT2D eigenvalue weighted by Crippen LogP contribution is 2.33. The van der Waals surface area contributed by atoms with Crippen LogP contribution in [0, 0.1) is 5.92 Å². The molecule has 1 rings (SSSR count). The number of nitrogens with one attached hydrogen (secondary N) is 1. The van der Waals surface area contributed by atoms with Crippen molar-refractivity contribution in [3.8, 4) is 0 Å². The Morgan fingerprint density at radius 3 is 2.85 bits per heavy atom. The van der Waals surface area contributed by atoms with E-state index in [-0.39, 0.29) is 6.61 Å². The minimum absolute atomic E-state index is 0.123. The molecule has 0 aliphatic heterocycles. The zero-order valence-corrected chi connectivity index (χ0v) is 8.46.